The van der Waals surface area contributed by atoms with Crippen LogP contribution >= 0.6 is 0 Å². The quantitative estimate of drug-likeness (QED) is 0.758. The van der Waals surface area contributed by atoms with Crippen LogP contribution in [-0.4, -0.2) is 32.4 Å². The maximum atomic E-state index is 11.8. The van der Waals surface area contributed by atoms with Crippen molar-refractivity contribution in [2.75, 3.05) is 19.0 Å². The van der Waals surface area contributed by atoms with E-state index in [1.54, 1.807) is 0 Å². The van der Waals surface area contributed by atoms with Crippen LogP contribution in [0, 0.1) is 0 Å². The lowest BCUT2D eigenvalue weighted by atomic mass is 10.1. The molecule has 104 valence electrons. The van der Waals surface area contributed by atoms with Gasteiger partial charge in [0.05, 0.1) is 12.4 Å². The Hall–Kier alpha value is -1.37. The molecule has 1 aromatic heterocycles. The Morgan fingerprint density at radius 2 is 2.16 bits per heavy atom. The lowest BCUT2D eigenvalue weighted by Crippen LogP contribution is -2.28. The topological polar surface area (TPSA) is 71.2 Å². The average molecular weight is 282 g/mol. The highest BCUT2D eigenvalue weighted by atomic mass is 32.2. The molecule has 2 N–H and O–H groups in total. The van der Waals surface area contributed by atoms with Crippen molar-refractivity contribution in [1.82, 2.24) is 9.71 Å². The summed E-state index contributed by atoms with van der Waals surface area (Å²) >= 11 is 0. The Labute approximate surface area is 113 Å². The Bertz CT molecular complexity index is 634. The number of ether oxygens (including phenoxy) is 1. The van der Waals surface area contributed by atoms with Crippen LogP contribution in [0.4, 0.5) is 0 Å². The van der Waals surface area contributed by atoms with Gasteiger partial charge in [0.1, 0.15) is 0 Å². The number of H-pyrrole nitrogens is 1. The first-order valence-corrected chi connectivity index (χ1v) is 7.87. The standard InChI is InChI=1S/C13H18N2O3S/c1-2-18-8-9-19(16,17)15-10-12-5-3-4-11-6-7-14-13(11)12/h3-7,14-15H,2,8-10H2,1H3. The van der Waals surface area contributed by atoms with Gasteiger partial charge in [0.15, 0.2) is 0 Å². The van der Waals surface area contributed by atoms with Crippen LogP contribution in [0.5, 0.6) is 0 Å². The van der Waals surface area contributed by atoms with Crippen molar-refractivity contribution in [3.8, 4) is 0 Å². The second-order valence-corrected chi connectivity index (χ2v) is 6.12. The van der Waals surface area contributed by atoms with Crippen molar-refractivity contribution in [2.24, 2.45) is 0 Å². The Morgan fingerprint density at radius 1 is 1.32 bits per heavy atom. The molecule has 0 aliphatic heterocycles. The van der Waals surface area contributed by atoms with Crippen LogP contribution in [0.2, 0.25) is 0 Å². The second kappa shape index (κ2) is 6.18. The van der Waals surface area contributed by atoms with Gasteiger partial charge in [-0.1, -0.05) is 18.2 Å². The second-order valence-electron chi connectivity index (χ2n) is 4.20. The van der Waals surface area contributed by atoms with E-state index in [0.29, 0.717) is 6.61 Å². The molecule has 0 unspecified atom stereocenters. The smallest absolute Gasteiger partial charge is 0.214 e. The Kier molecular flexibility index (Phi) is 4.57. The molecule has 0 spiro atoms. The van der Waals surface area contributed by atoms with Gasteiger partial charge in [-0.15, -0.1) is 0 Å². The summed E-state index contributed by atoms with van der Waals surface area (Å²) in [7, 11) is -3.29. The van der Waals surface area contributed by atoms with Gasteiger partial charge >= 0.3 is 0 Å². The van der Waals surface area contributed by atoms with E-state index in [0.717, 1.165) is 16.5 Å². The summed E-state index contributed by atoms with van der Waals surface area (Å²) in [6.07, 6.45) is 1.84. The SMILES string of the molecule is CCOCCS(=O)(=O)NCc1cccc2cc[nH]c12. The van der Waals surface area contributed by atoms with Gasteiger partial charge in [-0.2, -0.15) is 0 Å². The summed E-state index contributed by atoms with van der Waals surface area (Å²) in [5.41, 5.74) is 1.90. The fourth-order valence-electron chi connectivity index (χ4n) is 1.87. The van der Waals surface area contributed by atoms with E-state index >= 15 is 0 Å². The molecule has 2 aromatic rings. The van der Waals surface area contributed by atoms with E-state index in [-0.39, 0.29) is 18.9 Å². The Morgan fingerprint density at radius 3 is 2.95 bits per heavy atom. The van der Waals surface area contributed by atoms with Gasteiger partial charge in [-0.05, 0) is 23.9 Å². The average Bonchev–Trinajstić information content (AvgIpc) is 2.85. The van der Waals surface area contributed by atoms with E-state index in [4.69, 9.17) is 4.74 Å². The van der Waals surface area contributed by atoms with Crippen molar-refractivity contribution in [3.05, 3.63) is 36.0 Å². The van der Waals surface area contributed by atoms with Crippen molar-refractivity contribution >= 4 is 20.9 Å². The highest BCUT2D eigenvalue weighted by Crippen LogP contribution is 2.16. The first-order chi connectivity index (χ1) is 9.12. The van der Waals surface area contributed by atoms with Crippen molar-refractivity contribution in [3.63, 3.8) is 0 Å². The Balaban J connectivity index is 2.00. The lowest BCUT2D eigenvalue weighted by Gasteiger charge is -2.07. The minimum Gasteiger partial charge on any atom is -0.381 e. The fourth-order valence-corrected chi connectivity index (χ4v) is 2.73. The van der Waals surface area contributed by atoms with Gasteiger partial charge in [-0.25, -0.2) is 13.1 Å². The van der Waals surface area contributed by atoms with Gasteiger partial charge in [-0.3, -0.25) is 0 Å². The number of hydrogen-bond donors (Lipinski definition) is 2. The predicted octanol–water partition coefficient (Wildman–Crippen LogP) is 1.62. The minimum atomic E-state index is -3.29. The van der Waals surface area contributed by atoms with Gasteiger partial charge in [0.2, 0.25) is 10.0 Å². The molecule has 0 amide bonds. The van der Waals surface area contributed by atoms with E-state index in [9.17, 15) is 8.42 Å². The van der Waals surface area contributed by atoms with E-state index < -0.39 is 10.0 Å². The monoisotopic (exact) mass is 282 g/mol. The van der Waals surface area contributed by atoms with Crippen LogP contribution in [0.3, 0.4) is 0 Å². The third-order valence-electron chi connectivity index (χ3n) is 2.86. The fraction of sp³-hybridized carbons (Fsp3) is 0.385. The third kappa shape index (κ3) is 3.79. The first kappa shape index (κ1) is 14.0. The number of nitrogens with one attached hydrogen (secondary N) is 2. The molecule has 0 aliphatic carbocycles. The van der Waals surface area contributed by atoms with Crippen molar-refractivity contribution in [2.45, 2.75) is 13.5 Å². The molecular formula is C13H18N2O3S. The first-order valence-electron chi connectivity index (χ1n) is 6.22. The maximum Gasteiger partial charge on any atom is 0.214 e. The van der Waals surface area contributed by atoms with Crippen LogP contribution < -0.4 is 4.72 Å². The van der Waals surface area contributed by atoms with Crippen LogP contribution in [0.15, 0.2) is 30.5 Å². The molecule has 0 saturated carbocycles. The number of para-hydroxylation sites is 1. The molecule has 0 radical (unpaired) electrons. The maximum absolute atomic E-state index is 11.8. The summed E-state index contributed by atoms with van der Waals surface area (Å²) < 4.78 is 31.1. The highest BCUT2D eigenvalue weighted by Gasteiger charge is 2.10. The zero-order valence-corrected chi connectivity index (χ0v) is 11.7. The van der Waals surface area contributed by atoms with Crippen molar-refractivity contribution < 1.29 is 13.2 Å². The molecule has 0 atom stereocenters. The normalized spacial score (nSPS) is 12.1. The molecule has 1 aromatic carbocycles. The number of fused-ring (bicyclic) bond motifs is 1. The molecule has 6 heteroatoms. The van der Waals surface area contributed by atoms with Crippen LogP contribution in [0.25, 0.3) is 10.9 Å². The number of aromatic nitrogens is 1. The van der Waals surface area contributed by atoms with Crippen LogP contribution in [0.1, 0.15) is 12.5 Å². The molecule has 0 aliphatic rings. The number of benzene rings is 1. The molecule has 5 nitrogen and oxygen atoms in total. The van der Waals surface area contributed by atoms with Gasteiger partial charge in [0.25, 0.3) is 0 Å². The lowest BCUT2D eigenvalue weighted by molar-refractivity contribution is 0.163. The molecule has 0 bridgehead atoms. The summed E-state index contributed by atoms with van der Waals surface area (Å²) in [5.74, 6) is -0.0124. The molecule has 2 rings (SSSR count). The summed E-state index contributed by atoms with van der Waals surface area (Å²) in [4.78, 5) is 3.12. The van der Waals surface area contributed by atoms with Crippen LogP contribution in [-0.2, 0) is 21.3 Å². The zero-order chi connectivity index (χ0) is 13.7. The number of sulfonamides is 1. The highest BCUT2D eigenvalue weighted by molar-refractivity contribution is 7.89. The number of aromatic amines is 1. The van der Waals surface area contributed by atoms with E-state index in [2.05, 4.69) is 9.71 Å². The predicted molar refractivity (Wildman–Crippen MR) is 75.4 cm³/mol. The third-order valence-corrected chi connectivity index (χ3v) is 4.14. The summed E-state index contributed by atoms with van der Waals surface area (Å²) in [5, 5.41) is 1.08. The summed E-state index contributed by atoms with van der Waals surface area (Å²) in [6.45, 7) is 2.87. The molecule has 0 saturated heterocycles. The summed E-state index contributed by atoms with van der Waals surface area (Å²) in [6, 6.07) is 7.77. The number of hydrogen-bond acceptors (Lipinski definition) is 3. The molecule has 19 heavy (non-hydrogen) atoms. The van der Waals surface area contributed by atoms with E-state index in [1.165, 1.54) is 0 Å². The van der Waals surface area contributed by atoms with Crippen molar-refractivity contribution in [1.29, 1.82) is 0 Å². The molecular weight excluding hydrogens is 264 g/mol. The molecule has 1 heterocycles. The van der Waals surface area contributed by atoms with E-state index in [1.807, 2.05) is 37.4 Å². The zero-order valence-electron chi connectivity index (χ0n) is 10.8. The largest absolute Gasteiger partial charge is 0.381 e. The van der Waals surface area contributed by atoms with Gasteiger partial charge in [0, 0.05) is 24.9 Å². The molecule has 0 fully saturated rings. The van der Waals surface area contributed by atoms with Gasteiger partial charge < -0.3 is 9.72 Å². The minimum absolute atomic E-state index is 0.0124. The number of rotatable bonds is 7.